The molecule has 1 saturated heterocycles. The molecule has 2 amide bonds. The number of carbonyl (C=O) groups excluding carboxylic acids is 2. The molecule has 9 heteroatoms. The molecule has 0 saturated carbocycles. The van der Waals surface area contributed by atoms with Crippen LogP contribution in [0.15, 0.2) is 77.9 Å². The van der Waals surface area contributed by atoms with E-state index in [4.69, 9.17) is 16.3 Å². The van der Waals surface area contributed by atoms with Crippen LogP contribution in [0, 0.1) is 0 Å². The third kappa shape index (κ3) is 4.84. The number of H-pyrrole nitrogens is 1. The van der Waals surface area contributed by atoms with Crippen molar-refractivity contribution in [1.29, 1.82) is 0 Å². The Morgan fingerprint density at radius 2 is 1.71 bits per heavy atom. The van der Waals surface area contributed by atoms with Crippen LogP contribution in [0.4, 0.5) is 0 Å². The summed E-state index contributed by atoms with van der Waals surface area (Å²) in [7, 11) is 0. The Balaban J connectivity index is 1.27. The Bertz CT molecular complexity index is 1440. The molecule has 2 atom stereocenters. The Labute approximate surface area is 205 Å². The summed E-state index contributed by atoms with van der Waals surface area (Å²) in [6.07, 6.45) is 3.92. The average Bonchev–Trinajstić information content (AvgIpc) is 3.25. The van der Waals surface area contributed by atoms with E-state index >= 15 is 0 Å². The maximum Gasteiger partial charge on any atom is 0.255 e. The van der Waals surface area contributed by atoms with Crippen LogP contribution in [-0.2, 0) is 4.74 Å². The number of hydrogen-bond acceptors (Lipinski definition) is 4. The maximum absolute atomic E-state index is 12.9. The molecule has 0 spiro atoms. The van der Waals surface area contributed by atoms with E-state index in [1.165, 1.54) is 10.6 Å². The number of aromatic amines is 1. The Hall–Kier alpha value is -3.88. The first-order chi connectivity index (χ1) is 17.0. The first kappa shape index (κ1) is 22.9. The molecule has 2 aromatic heterocycles. The number of aromatic nitrogens is 2. The van der Waals surface area contributed by atoms with Crippen LogP contribution in [0.25, 0.3) is 16.6 Å². The van der Waals surface area contributed by atoms with Crippen molar-refractivity contribution in [3.05, 3.63) is 99.6 Å². The second kappa shape index (κ2) is 9.77. The number of amides is 2. The number of hydrogen-bond donors (Lipinski definition) is 3. The van der Waals surface area contributed by atoms with Crippen molar-refractivity contribution in [1.82, 2.24) is 20.2 Å². The lowest BCUT2D eigenvalue weighted by Crippen LogP contribution is -2.56. The predicted molar refractivity (Wildman–Crippen MR) is 133 cm³/mol. The Morgan fingerprint density at radius 3 is 2.51 bits per heavy atom. The third-order valence-electron chi connectivity index (χ3n) is 6.11. The van der Waals surface area contributed by atoms with Crippen molar-refractivity contribution in [2.75, 3.05) is 13.2 Å². The van der Waals surface area contributed by atoms with Crippen LogP contribution < -0.4 is 16.2 Å². The normalized spacial score (nSPS) is 17.7. The average molecular weight is 491 g/mol. The molecule has 4 aromatic rings. The number of rotatable bonds is 5. The lowest BCUT2D eigenvalue weighted by Gasteiger charge is -2.32. The van der Waals surface area contributed by atoms with E-state index in [1.807, 2.05) is 0 Å². The van der Waals surface area contributed by atoms with E-state index in [2.05, 4.69) is 15.6 Å². The van der Waals surface area contributed by atoms with Gasteiger partial charge in [0.15, 0.2) is 0 Å². The van der Waals surface area contributed by atoms with Crippen LogP contribution in [0.3, 0.4) is 0 Å². The molecule has 8 nitrogen and oxygen atoms in total. The summed E-state index contributed by atoms with van der Waals surface area (Å²) in [5, 5.41) is 7.45. The summed E-state index contributed by atoms with van der Waals surface area (Å²) >= 11 is 6.12. The van der Waals surface area contributed by atoms with Gasteiger partial charge in [-0.3, -0.25) is 19.0 Å². The fourth-order valence-corrected chi connectivity index (χ4v) is 4.42. The SMILES string of the molecule is O=C(N[C@H]1CCOC[C@@H]1NC(=O)c1ccc2c(Cl)c[nH]c2c1)c1ccc(-n2ccccc2=O)cc1. The van der Waals surface area contributed by atoms with E-state index in [0.717, 1.165) is 10.9 Å². The number of nitrogens with zero attached hydrogens (tertiary/aromatic N) is 1. The van der Waals surface area contributed by atoms with E-state index in [0.29, 0.717) is 41.5 Å². The van der Waals surface area contributed by atoms with Crippen molar-refractivity contribution in [2.24, 2.45) is 0 Å². The molecule has 3 heterocycles. The van der Waals surface area contributed by atoms with Crippen LogP contribution in [0.1, 0.15) is 27.1 Å². The number of ether oxygens (including phenoxy) is 1. The number of benzene rings is 2. The zero-order valence-corrected chi connectivity index (χ0v) is 19.4. The van der Waals surface area contributed by atoms with Gasteiger partial charge in [0.2, 0.25) is 0 Å². The van der Waals surface area contributed by atoms with Crippen LogP contribution in [0.2, 0.25) is 5.02 Å². The van der Waals surface area contributed by atoms with Gasteiger partial charge in [0, 0.05) is 52.8 Å². The summed E-state index contributed by atoms with van der Waals surface area (Å²) in [5.41, 5.74) is 2.24. The first-order valence-electron chi connectivity index (χ1n) is 11.2. The molecular formula is C26H23ClN4O4. The molecule has 35 heavy (non-hydrogen) atoms. The molecular weight excluding hydrogens is 468 g/mol. The van der Waals surface area contributed by atoms with Gasteiger partial charge in [0.25, 0.3) is 17.4 Å². The van der Waals surface area contributed by atoms with Gasteiger partial charge in [-0.05, 0) is 48.9 Å². The number of fused-ring (bicyclic) bond motifs is 1. The second-order valence-corrected chi connectivity index (χ2v) is 8.78. The standard InChI is InChI=1S/C26H23ClN4O4/c27-20-14-28-22-13-17(6-9-19(20)22)26(34)30-23-15-35-12-10-21(23)29-25(33)16-4-7-18(8-5-16)31-11-2-1-3-24(31)32/h1-9,11,13-14,21,23,28H,10,12,15H2,(H,29,33)(H,30,34)/t21-,23-/m0/s1. The quantitative estimate of drug-likeness (QED) is 0.399. The van der Waals surface area contributed by atoms with Gasteiger partial charge in [-0.2, -0.15) is 0 Å². The number of nitrogens with one attached hydrogen (secondary N) is 3. The zero-order valence-electron chi connectivity index (χ0n) is 18.7. The van der Waals surface area contributed by atoms with E-state index < -0.39 is 0 Å². The fourth-order valence-electron chi connectivity index (χ4n) is 4.20. The highest BCUT2D eigenvalue weighted by Gasteiger charge is 2.29. The third-order valence-corrected chi connectivity index (χ3v) is 6.43. The smallest absolute Gasteiger partial charge is 0.255 e. The van der Waals surface area contributed by atoms with Crippen LogP contribution in [-0.4, -0.2) is 46.7 Å². The highest BCUT2D eigenvalue weighted by Crippen LogP contribution is 2.24. The minimum atomic E-state index is -0.384. The zero-order chi connectivity index (χ0) is 24.4. The van der Waals surface area contributed by atoms with Crippen molar-refractivity contribution < 1.29 is 14.3 Å². The monoisotopic (exact) mass is 490 g/mol. The predicted octanol–water partition coefficient (Wildman–Crippen LogP) is 3.29. The molecule has 3 N–H and O–H groups in total. The minimum Gasteiger partial charge on any atom is -0.379 e. The van der Waals surface area contributed by atoms with Crippen molar-refractivity contribution in [3.8, 4) is 5.69 Å². The molecule has 178 valence electrons. The molecule has 5 rings (SSSR count). The highest BCUT2D eigenvalue weighted by atomic mass is 35.5. The summed E-state index contributed by atoms with van der Waals surface area (Å²) < 4.78 is 7.07. The summed E-state index contributed by atoms with van der Waals surface area (Å²) in [5.74, 6) is -0.518. The minimum absolute atomic E-state index is 0.149. The van der Waals surface area contributed by atoms with Gasteiger partial charge in [0.05, 0.1) is 23.7 Å². The fraction of sp³-hybridized carbons (Fsp3) is 0.192. The Morgan fingerprint density at radius 1 is 0.971 bits per heavy atom. The van der Waals surface area contributed by atoms with Gasteiger partial charge in [-0.15, -0.1) is 0 Å². The van der Waals surface area contributed by atoms with E-state index in [1.54, 1.807) is 67.0 Å². The summed E-state index contributed by atoms with van der Waals surface area (Å²) in [6, 6.07) is 16.3. The summed E-state index contributed by atoms with van der Waals surface area (Å²) in [6.45, 7) is 0.781. The van der Waals surface area contributed by atoms with Crippen molar-refractivity contribution in [3.63, 3.8) is 0 Å². The van der Waals surface area contributed by atoms with Crippen LogP contribution in [0.5, 0.6) is 0 Å². The Kier molecular flexibility index (Phi) is 6.39. The molecule has 1 fully saturated rings. The number of pyridine rings is 1. The topological polar surface area (TPSA) is 105 Å². The lowest BCUT2D eigenvalue weighted by molar-refractivity contribution is 0.0436. The molecule has 0 unspecified atom stereocenters. The van der Waals surface area contributed by atoms with Gasteiger partial charge in [0.1, 0.15) is 0 Å². The van der Waals surface area contributed by atoms with Gasteiger partial charge in [-0.25, -0.2) is 0 Å². The first-order valence-corrected chi connectivity index (χ1v) is 11.6. The molecule has 0 radical (unpaired) electrons. The lowest BCUT2D eigenvalue weighted by atomic mass is 10.0. The molecule has 0 bridgehead atoms. The molecule has 1 aliphatic heterocycles. The highest BCUT2D eigenvalue weighted by molar-refractivity contribution is 6.35. The van der Waals surface area contributed by atoms with Gasteiger partial charge in [-0.1, -0.05) is 23.7 Å². The number of halogens is 1. The summed E-state index contributed by atoms with van der Waals surface area (Å²) in [4.78, 5) is 40.9. The van der Waals surface area contributed by atoms with E-state index in [-0.39, 0.29) is 29.5 Å². The molecule has 2 aromatic carbocycles. The van der Waals surface area contributed by atoms with E-state index in [9.17, 15) is 14.4 Å². The van der Waals surface area contributed by atoms with Gasteiger partial charge >= 0.3 is 0 Å². The van der Waals surface area contributed by atoms with Crippen molar-refractivity contribution >= 4 is 34.3 Å². The molecule has 1 aliphatic rings. The maximum atomic E-state index is 12.9. The largest absolute Gasteiger partial charge is 0.379 e. The second-order valence-electron chi connectivity index (χ2n) is 8.38. The number of carbonyl (C=O) groups is 2. The van der Waals surface area contributed by atoms with Gasteiger partial charge < -0.3 is 20.4 Å². The van der Waals surface area contributed by atoms with Crippen LogP contribution >= 0.6 is 11.6 Å². The van der Waals surface area contributed by atoms with Crippen molar-refractivity contribution in [2.45, 2.75) is 18.5 Å². The molecule has 0 aliphatic carbocycles.